The Bertz CT molecular complexity index is 1310. The highest BCUT2D eigenvalue weighted by Crippen LogP contribution is 2.20. The summed E-state index contributed by atoms with van der Waals surface area (Å²) in [6.45, 7) is 0. The van der Waals surface area contributed by atoms with Crippen molar-refractivity contribution in [3.8, 4) is 23.0 Å². The average molecular weight is 418 g/mol. The van der Waals surface area contributed by atoms with Gasteiger partial charge in [-0.1, -0.05) is 41.9 Å². The molecule has 2 aromatic carbocycles. The largest absolute Gasteiger partial charge is 0.290 e. The molecular formula is C19H12ClN9O. The minimum absolute atomic E-state index is 0.0773. The van der Waals surface area contributed by atoms with Crippen LogP contribution in [0.4, 0.5) is 5.95 Å². The minimum Gasteiger partial charge on any atom is -0.290 e. The number of anilines is 1. The molecule has 0 aliphatic heterocycles. The third-order valence-corrected chi connectivity index (χ3v) is 4.27. The van der Waals surface area contributed by atoms with Gasteiger partial charge in [-0.25, -0.2) is 10.4 Å². The van der Waals surface area contributed by atoms with Gasteiger partial charge in [-0.15, -0.1) is 5.10 Å². The first-order valence-electron chi connectivity index (χ1n) is 8.57. The standard InChI is InChI=1S/C19H12ClN9O/c20-14-6-7-16(29-11-23-27-28-29)13(8-14)10-22-26-19-24-17(12-4-2-1-3-5-12)15(9-21)18(30)25-19/h1-8,10-11H,(H2,24,25,26,30). The molecule has 0 unspecified atom stereocenters. The molecule has 2 heterocycles. The van der Waals surface area contributed by atoms with Crippen LogP contribution < -0.4 is 11.0 Å². The van der Waals surface area contributed by atoms with Crippen molar-refractivity contribution in [2.24, 2.45) is 5.10 Å². The number of benzene rings is 2. The number of nitrogens with zero attached hydrogens (tertiary/aromatic N) is 7. The van der Waals surface area contributed by atoms with E-state index in [9.17, 15) is 10.1 Å². The summed E-state index contributed by atoms with van der Waals surface area (Å²) in [6, 6.07) is 16.0. The summed E-state index contributed by atoms with van der Waals surface area (Å²) in [5, 5.41) is 25.1. The molecule has 11 heteroatoms. The molecule has 4 aromatic rings. The smallest absolute Gasteiger partial charge is 0.270 e. The van der Waals surface area contributed by atoms with Crippen molar-refractivity contribution in [2.75, 3.05) is 5.43 Å². The number of halogens is 1. The Morgan fingerprint density at radius 1 is 1.23 bits per heavy atom. The van der Waals surface area contributed by atoms with Crippen molar-refractivity contribution in [2.45, 2.75) is 0 Å². The van der Waals surface area contributed by atoms with E-state index < -0.39 is 5.56 Å². The second-order valence-electron chi connectivity index (χ2n) is 5.94. The number of H-pyrrole nitrogens is 1. The van der Waals surface area contributed by atoms with Crippen LogP contribution in [-0.2, 0) is 0 Å². The number of hydrogen-bond donors (Lipinski definition) is 2. The summed E-state index contributed by atoms with van der Waals surface area (Å²) in [7, 11) is 0. The van der Waals surface area contributed by atoms with E-state index in [1.165, 1.54) is 17.2 Å². The molecule has 0 saturated carbocycles. The van der Waals surface area contributed by atoms with Crippen LogP contribution in [0.1, 0.15) is 11.1 Å². The van der Waals surface area contributed by atoms with E-state index in [4.69, 9.17) is 11.6 Å². The van der Waals surface area contributed by atoms with Crippen molar-refractivity contribution in [1.82, 2.24) is 30.2 Å². The number of aromatic amines is 1. The van der Waals surface area contributed by atoms with Crippen LogP contribution in [0, 0.1) is 11.3 Å². The molecule has 0 atom stereocenters. The number of aromatic nitrogens is 6. The molecule has 30 heavy (non-hydrogen) atoms. The summed E-state index contributed by atoms with van der Waals surface area (Å²) in [5.41, 5.74) is 4.21. The molecule has 4 rings (SSSR count). The average Bonchev–Trinajstić information content (AvgIpc) is 3.29. The molecule has 10 nitrogen and oxygen atoms in total. The second-order valence-corrected chi connectivity index (χ2v) is 6.38. The zero-order valence-corrected chi connectivity index (χ0v) is 15.9. The monoisotopic (exact) mass is 417 g/mol. The van der Waals surface area contributed by atoms with Gasteiger partial charge in [-0.05, 0) is 28.6 Å². The molecular weight excluding hydrogens is 406 g/mol. The molecule has 2 aromatic heterocycles. The van der Waals surface area contributed by atoms with Gasteiger partial charge in [0.2, 0.25) is 5.95 Å². The van der Waals surface area contributed by atoms with E-state index >= 15 is 0 Å². The van der Waals surface area contributed by atoms with Crippen LogP contribution in [0.15, 0.2) is 64.8 Å². The van der Waals surface area contributed by atoms with Gasteiger partial charge in [-0.3, -0.25) is 9.78 Å². The second kappa shape index (κ2) is 8.34. The van der Waals surface area contributed by atoms with Gasteiger partial charge in [0, 0.05) is 16.1 Å². The molecule has 0 aliphatic carbocycles. The van der Waals surface area contributed by atoms with Crippen molar-refractivity contribution >= 4 is 23.8 Å². The lowest BCUT2D eigenvalue weighted by Crippen LogP contribution is -2.16. The molecule has 0 amide bonds. The van der Waals surface area contributed by atoms with E-state index in [0.29, 0.717) is 21.8 Å². The van der Waals surface area contributed by atoms with Gasteiger partial charge in [0.05, 0.1) is 17.6 Å². The normalized spacial score (nSPS) is 10.8. The van der Waals surface area contributed by atoms with Crippen molar-refractivity contribution in [3.05, 3.63) is 81.4 Å². The molecule has 0 saturated heterocycles. The Morgan fingerprint density at radius 3 is 2.80 bits per heavy atom. The molecule has 0 fully saturated rings. The minimum atomic E-state index is -0.568. The van der Waals surface area contributed by atoms with Gasteiger partial charge in [0.25, 0.3) is 5.56 Å². The Morgan fingerprint density at radius 2 is 2.07 bits per heavy atom. The van der Waals surface area contributed by atoms with Crippen LogP contribution in [-0.4, -0.2) is 36.4 Å². The summed E-state index contributed by atoms with van der Waals surface area (Å²) >= 11 is 6.08. The number of tetrazole rings is 1. The Kier molecular flexibility index (Phi) is 5.27. The fraction of sp³-hybridized carbons (Fsp3) is 0. The zero-order valence-electron chi connectivity index (χ0n) is 15.2. The van der Waals surface area contributed by atoms with Crippen LogP contribution in [0.5, 0.6) is 0 Å². The lowest BCUT2D eigenvalue weighted by atomic mass is 10.1. The zero-order chi connectivity index (χ0) is 20.9. The highest BCUT2D eigenvalue weighted by Gasteiger charge is 2.13. The van der Waals surface area contributed by atoms with Gasteiger partial charge >= 0.3 is 0 Å². The molecule has 2 N–H and O–H groups in total. The topological polar surface area (TPSA) is 138 Å². The fourth-order valence-electron chi connectivity index (χ4n) is 2.71. The van der Waals surface area contributed by atoms with Gasteiger partial charge in [0.15, 0.2) is 0 Å². The third-order valence-electron chi connectivity index (χ3n) is 4.04. The van der Waals surface area contributed by atoms with E-state index in [1.807, 2.05) is 12.1 Å². The summed E-state index contributed by atoms with van der Waals surface area (Å²) < 4.78 is 1.47. The lowest BCUT2D eigenvalue weighted by Gasteiger charge is -2.07. The first-order chi connectivity index (χ1) is 14.7. The highest BCUT2D eigenvalue weighted by atomic mass is 35.5. The molecule has 146 valence electrons. The molecule has 0 radical (unpaired) electrons. The van der Waals surface area contributed by atoms with E-state index in [2.05, 4.69) is 36.0 Å². The number of nitriles is 1. The number of hydrazone groups is 1. The summed E-state index contributed by atoms with van der Waals surface area (Å²) in [4.78, 5) is 19.1. The highest BCUT2D eigenvalue weighted by molar-refractivity contribution is 6.31. The summed E-state index contributed by atoms with van der Waals surface area (Å²) in [6.07, 6.45) is 2.93. The third kappa shape index (κ3) is 3.91. The van der Waals surface area contributed by atoms with Crippen LogP contribution in [0.25, 0.3) is 16.9 Å². The SMILES string of the molecule is N#Cc1c(-c2ccccc2)nc(NN=Cc2cc(Cl)ccc2-n2cnnn2)[nH]c1=O. The molecule has 0 spiro atoms. The number of hydrogen-bond acceptors (Lipinski definition) is 8. The number of rotatable bonds is 5. The van der Waals surface area contributed by atoms with Gasteiger partial charge in [-0.2, -0.15) is 15.0 Å². The Labute approximate surface area is 174 Å². The van der Waals surface area contributed by atoms with E-state index in [-0.39, 0.29) is 17.2 Å². The van der Waals surface area contributed by atoms with Crippen LogP contribution >= 0.6 is 11.6 Å². The van der Waals surface area contributed by atoms with E-state index in [1.54, 1.807) is 42.5 Å². The maximum atomic E-state index is 12.3. The van der Waals surface area contributed by atoms with Gasteiger partial charge in [0.1, 0.15) is 18.0 Å². The molecule has 0 bridgehead atoms. The fourth-order valence-corrected chi connectivity index (χ4v) is 2.89. The maximum absolute atomic E-state index is 12.3. The Hall–Kier alpha value is -4.36. The van der Waals surface area contributed by atoms with Gasteiger partial charge < -0.3 is 0 Å². The predicted octanol–water partition coefficient (Wildman–Crippen LogP) is 2.38. The first kappa shape index (κ1) is 19.0. The van der Waals surface area contributed by atoms with Crippen molar-refractivity contribution in [3.63, 3.8) is 0 Å². The van der Waals surface area contributed by atoms with E-state index in [0.717, 1.165) is 0 Å². The lowest BCUT2D eigenvalue weighted by molar-refractivity contribution is 0.788. The number of nitrogens with one attached hydrogen (secondary N) is 2. The van der Waals surface area contributed by atoms with Crippen LogP contribution in [0.3, 0.4) is 0 Å². The first-order valence-corrected chi connectivity index (χ1v) is 8.95. The predicted molar refractivity (Wildman–Crippen MR) is 110 cm³/mol. The maximum Gasteiger partial charge on any atom is 0.270 e. The quantitative estimate of drug-likeness (QED) is 0.375. The molecule has 0 aliphatic rings. The van der Waals surface area contributed by atoms with Crippen molar-refractivity contribution in [1.29, 1.82) is 5.26 Å². The van der Waals surface area contributed by atoms with Crippen LogP contribution in [0.2, 0.25) is 5.02 Å². The van der Waals surface area contributed by atoms with Crippen molar-refractivity contribution < 1.29 is 0 Å². The Balaban J connectivity index is 1.66. The summed E-state index contributed by atoms with van der Waals surface area (Å²) in [5.74, 6) is 0.0834.